The van der Waals surface area contributed by atoms with Crippen molar-refractivity contribution < 1.29 is 0 Å². The van der Waals surface area contributed by atoms with Crippen LogP contribution in [0.4, 0.5) is 0 Å². The molecule has 20 heavy (non-hydrogen) atoms. The van der Waals surface area contributed by atoms with Crippen LogP contribution < -0.4 is 5.32 Å². The number of nitrogens with zero attached hydrogens (tertiary/aromatic N) is 2. The largest absolute Gasteiger partial charge is 0.309 e. The van der Waals surface area contributed by atoms with Crippen LogP contribution in [0.25, 0.3) is 0 Å². The minimum absolute atomic E-state index is 0.394. The zero-order valence-corrected chi connectivity index (χ0v) is 13.8. The molecule has 3 nitrogen and oxygen atoms in total. The Kier molecular flexibility index (Phi) is 7.82. The highest BCUT2D eigenvalue weighted by atomic mass is 15.2. The first-order valence-corrected chi connectivity index (χ1v) is 7.69. The summed E-state index contributed by atoms with van der Waals surface area (Å²) in [7, 11) is 6.50. The molecule has 2 atom stereocenters. The van der Waals surface area contributed by atoms with Crippen molar-refractivity contribution in [3.63, 3.8) is 0 Å². The fourth-order valence-electron chi connectivity index (χ4n) is 2.54. The minimum Gasteiger partial charge on any atom is -0.309 e. The van der Waals surface area contributed by atoms with Gasteiger partial charge in [0.2, 0.25) is 0 Å². The molecule has 1 aromatic carbocycles. The van der Waals surface area contributed by atoms with Crippen molar-refractivity contribution in [2.45, 2.75) is 32.4 Å². The van der Waals surface area contributed by atoms with E-state index in [0.717, 1.165) is 19.6 Å². The molecule has 0 aliphatic rings. The summed E-state index contributed by atoms with van der Waals surface area (Å²) in [5.41, 5.74) is 1.38. The van der Waals surface area contributed by atoms with Crippen LogP contribution in [0, 0.1) is 0 Å². The molecule has 0 saturated carbocycles. The monoisotopic (exact) mass is 277 g/mol. The lowest BCUT2D eigenvalue weighted by molar-refractivity contribution is 0.199. The summed E-state index contributed by atoms with van der Waals surface area (Å²) < 4.78 is 0. The molecule has 0 amide bonds. The van der Waals surface area contributed by atoms with Crippen molar-refractivity contribution in [3.8, 4) is 0 Å². The van der Waals surface area contributed by atoms with Crippen molar-refractivity contribution in [1.29, 1.82) is 0 Å². The van der Waals surface area contributed by atoms with Gasteiger partial charge in [-0.3, -0.25) is 0 Å². The van der Waals surface area contributed by atoms with E-state index < -0.39 is 0 Å². The van der Waals surface area contributed by atoms with Gasteiger partial charge in [-0.05, 0) is 59.7 Å². The normalized spacial score (nSPS) is 14.8. The molecule has 114 valence electrons. The zero-order valence-electron chi connectivity index (χ0n) is 13.8. The highest BCUT2D eigenvalue weighted by Crippen LogP contribution is 2.20. The van der Waals surface area contributed by atoms with E-state index in [0.29, 0.717) is 12.1 Å². The summed E-state index contributed by atoms with van der Waals surface area (Å²) in [5.74, 6) is 0. The Morgan fingerprint density at radius 3 is 2.25 bits per heavy atom. The topological polar surface area (TPSA) is 18.5 Å². The van der Waals surface area contributed by atoms with E-state index in [9.17, 15) is 0 Å². The number of hydrogen-bond donors (Lipinski definition) is 1. The maximum atomic E-state index is 3.63. The predicted molar refractivity (Wildman–Crippen MR) is 88.1 cm³/mol. The van der Waals surface area contributed by atoms with Gasteiger partial charge in [0.1, 0.15) is 0 Å². The second-order valence-electron chi connectivity index (χ2n) is 5.82. The van der Waals surface area contributed by atoms with Gasteiger partial charge < -0.3 is 15.1 Å². The van der Waals surface area contributed by atoms with Crippen LogP contribution in [0.5, 0.6) is 0 Å². The van der Waals surface area contributed by atoms with E-state index >= 15 is 0 Å². The van der Waals surface area contributed by atoms with E-state index in [2.05, 4.69) is 80.4 Å². The van der Waals surface area contributed by atoms with Crippen LogP contribution in [-0.2, 0) is 0 Å². The molecule has 0 aliphatic carbocycles. The van der Waals surface area contributed by atoms with E-state index in [-0.39, 0.29) is 0 Å². The molecule has 0 aliphatic heterocycles. The molecule has 0 radical (unpaired) electrons. The molecule has 1 aromatic rings. The van der Waals surface area contributed by atoms with Gasteiger partial charge in [-0.1, -0.05) is 37.3 Å². The molecule has 0 bridgehead atoms. The second kappa shape index (κ2) is 9.11. The van der Waals surface area contributed by atoms with E-state index in [1.54, 1.807) is 0 Å². The Bertz CT molecular complexity index is 351. The van der Waals surface area contributed by atoms with Crippen molar-refractivity contribution >= 4 is 0 Å². The summed E-state index contributed by atoms with van der Waals surface area (Å²) in [5, 5.41) is 3.63. The predicted octanol–water partition coefficient (Wildman–Crippen LogP) is 2.61. The lowest BCUT2D eigenvalue weighted by atomic mass is 9.99. The first kappa shape index (κ1) is 17.2. The van der Waals surface area contributed by atoms with Crippen LogP contribution in [0.1, 0.15) is 31.9 Å². The van der Waals surface area contributed by atoms with Gasteiger partial charge in [-0.15, -0.1) is 0 Å². The smallest absolute Gasteiger partial charge is 0.0475 e. The highest BCUT2D eigenvalue weighted by Gasteiger charge is 2.21. The first-order chi connectivity index (χ1) is 9.56. The van der Waals surface area contributed by atoms with Gasteiger partial charge in [0.15, 0.2) is 0 Å². The van der Waals surface area contributed by atoms with Gasteiger partial charge in [0, 0.05) is 12.1 Å². The highest BCUT2D eigenvalue weighted by molar-refractivity contribution is 5.20. The quantitative estimate of drug-likeness (QED) is 0.748. The maximum Gasteiger partial charge on any atom is 0.0475 e. The maximum absolute atomic E-state index is 3.63. The molecular formula is C17H31N3. The minimum atomic E-state index is 0.394. The molecule has 0 heterocycles. The molecule has 0 aromatic heterocycles. The van der Waals surface area contributed by atoms with Gasteiger partial charge in [-0.25, -0.2) is 0 Å². The summed E-state index contributed by atoms with van der Waals surface area (Å²) in [6.07, 6.45) is 1.21. The van der Waals surface area contributed by atoms with E-state index in [4.69, 9.17) is 0 Å². The van der Waals surface area contributed by atoms with Crippen LogP contribution in [0.15, 0.2) is 30.3 Å². The SMILES string of the molecule is CCNC(c1ccccc1)C(C)N(C)CCCN(C)C. The van der Waals surface area contributed by atoms with Gasteiger partial charge in [0.25, 0.3) is 0 Å². The van der Waals surface area contributed by atoms with Gasteiger partial charge in [-0.2, -0.15) is 0 Å². The number of benzene rings is 1. The lowest BCUT2D eigenvalue weighted by Crippen LogP contribution is -2.41. The molecular weight excluding hydrogens is 246 g/mol. The van der Waals surface area contributed by atoms with E-state index in [1.807, 2.05) is 0 Å². The summed E-state index contributed by atoms with van der Waals surface area (Å²) in [4.78, 5) is 4.71. The Balaban J connectivity index is 2.61. The fraction of sp³-hybridized carbons (Fsp3) is 0.647. The number of rotatable bonds is 9. The summed E-state index contributed by atoms with van der Waals surface area (Å²) in [6.45, 7) is 7.77. The van der Waals surface area contributed by atoms with Crippen molar-refractivity contribution in [2.75, 3.05) is 40.8 Å². The van der Waals surface area contributed by atoms with Crippen LogP contribution >= 0.6 is 0 Å². The van der Waals surface area contributed by atoms with Crippen LogP contribution in [0.2, 0.25) is 0 Å². The average Bonchev–Trinajstić information content (AvgIpc) is 2.44. The van der Waals surface area contributed by atoms with Crippen LogP contribution in [0.3, 0.4) is 0 Å². The molecule has 3 heteroatoms. The molecule has 1 N–H and O–H groups in total. The third kappa shape index (κ3) is 5.61. The number of likely N-dealkylation sites (N-methyl/N-ethyl adjacent to an activating group) is 2. The molecule has 0 saturated heterocycles. The van der Waals surface area contributed by atoms with Crippen LogP contribution in [-0.4, -0.2) is 56.6 Å². The third-order valence-electron chi connectivity index (χ3n) is 3.88. The molecule has 0 fully saturated rings. The Morgan fingerprint density at radius 1 is 1.05 bits per heavy atom. The van der Waals surface area contributed by atoms with Gasteiger partial charge >= 0.3 is 0 Å². The Morgan fingerprint density at radius 2 is 1.70 bits per heavy atom. The Hall–Kier alpha value is -0.900. The van der Waals surface area contributed by atoms with Crippen molar-refractivity contribution in [3.05, 3.63) is 35.9 Å². The Labute approximate surface area is 125 Å². The van der Waals surface area contributed by atoms with E-state index in [1.165, 1.54) is 12.0 Å². The summed E-state index contributed by atoms with van der Waals surface area (Å²) >= 11 is 0. The number of nitrogens with one attached hydrogen (secondary N) is 1. The van der Waals surface area contributed by atoms with Crippen molar-refractivity contribution in [2.24, 2.45) is 0 Å². The molecule has 0 spiro atoms. The molecule has 2 unspecified atom stereocenters. The molecule has 1 rings (SSSR count). The standard InChI is InChI=1S/C17H31N3/c1-6-18-17(16-11-8-7-9-12-16)15(2)20(5)14-10-13-19(3)4/h7-9,11-12,15,17-18H,6,10,13-14H2,1-5H3. The zero-order chi connectivity index (χ0) is 15.0. The first-order valence-electron chi connectivity index (χ1n) is 7.69. The van der Waals surface area contributed by atoms with Gasteiger partial charge in [0.05, 0.1) is 0 Å². The van der Waals surface area contributed by atoms with Crippen molar-refractivity contribution in [1.82, 2.24) is 15.1 Å². The second-order valence-corrected chi connectivity index (χ2v) is 5.82. The average molecular weight is 277 g/mol. The summed E-state index contributed by atoms with van der Waals surface area (Å²) in [6, 6.07) is 11.6. The lowest BCUT2D eigenvalue weighted by Gasteiger charge is -2.33. The number of hydrogen-bond acceptors (Lipinski definition) is 3. The third-order valence-corrected chi connectivity index (χ3v) is 3.88. The fourth-order valence-corrected chi connectivity index (χ4v) is 2.54.